The van der Waals surface area contributed by atoms with Crippen LogP contribution < -0.4 is 5.32 Å². The lowest BCUT2D eigenvalue weighted by Gasteiger charge is -2.19. The van der Waals surface area contributed by atoms with Gasteiger partial charge in [-0.25, -0.2) is 0 Å². The third-order valence-corrected chi connectivity index (χ3v) is 4.26. The second kappa shape index (κ2) is 7.36. The van der Waals surface area contributed by atoms with Gasteiger partial charge in [0.15, 0.2) is 0 Å². The molecule has 1 aromatic heterocycles. The summed E-state index contributed by atoms with van der Waals surface area (Å²) in [4.78, 5) is 19.0. The molecule has 0 spiro atoms. The van der Waals surface area contributed by atoms with Crippen molar-refractivity contribution in [3.05, 3.63) is 36.5 Å². The second-order valence-corrected chi connectivity index (χ2v) is 5.93. The van der Waals surface area contributed by atoms with Crippen molar-refractivity contribution in [2.75, 3.05) is 25.0 Å². The van der Waals surface area contributed by atoms with E-state index >= 15 is 0 Å². The Morgan fingerprint density at radius 1 is 1.09 bits per heavy atom. The van der Waals surface area contributed by atoms with Gasteiger partial charge in [-0.05, 0) is 38.1 Å². The molecular weight excluding hydrogens is 274 g/mol. The van der Waals surface area contributed by atoms with Crippen molar-refractivity contribution in [1.82, 2.24) is 9.88 Å². The van der Waals surface area contributed by atoms with Gasteiger partial charge in [0.2, 0.25) is 5.91 Å². The first-order chi connectivity index (χ1) is 10.8. The average Bonchev–Trinajstić information content (AvgIpc) is 2.82. The van der Waals surface area contributed by atoms with Crippen LogP contribution >= 0.6 is 0 Å². The Hall–Kier alpha value is -1.94. The van der Waals surface area contributed by atoms with Crippen LogP contribution in [0.15, 0.2) is 36.5 Å². The predicted molar refractivity (Wildman–Crippen MR) is 89.9 cm³/mol. The number of likely N-dealkylation sites (tertiary alicyclic amines) is 1. The number of anilines is 1. The van der Waals surface area contributed by atoms with E-state index in [1.165, 1.54) is 25.7 Å². The van der Waals surface area contributed by atoms with E-state index in [-0.39, 0.29) is 5.91 Å². The van der Waals surface area contributed by atoms with Gasteiger partial charge in [0, 0.05) is 24.5 Å². The highest BCUT2D eigenvalue weighted by Gasteiger charge is 2.12. The number of rotatable bonds is 4. The lowest BCUT2D eigenvalue weighted by molar-refractivity contribution is -0.116. The van der Waals surface area contributed by atoms with Crippen molar-refractivity contribution in [3.8, 4) is 0 Å². The average molecular weight is 297 g/mol. The molecule has 1 aliphatic rings. The molecule has 1 amide bonds. The molecule has 4 heteroatoms. The predicted octanol–water partition coefficient (Wildman–Crippen LogP) is 3.44. The molecule has 1 fully saturated rings. The van der Waals surface area contributed by atoms with Gasteiger partial charge in [-0.2, -0.15) is 0 Å². The Balaban J connectivity index is 1.58. The van der Waals surface area contributed by atoms with E-state index in [1.54, 1.807) is 6.20 Å². The number of fused-ring (bicyclic) bond motifs is 1. The van der Waals surface area contributed by atoms with Crippen molar-refractivity contribution in [2.24, 2.45) is 0 Å². The normalized spacial score (nSPS) is 16.4. The number of aromatic nitrogens is 1. The quantitative estimate of drug-likeness (QED) is 0.940. The molecule has 2 aromatic rings. The van der Waals surface area contributed by atoms with E-state index in [0.29, 0.717) is 6.42 Å². The van der Waals surface area contributed by atoms with Crippen LogP contribution in [0, 0.1) is 0 Å². The topological polar surface area (TPSA) is 45.2 Å². The molecule has 1 aliphatic heterocycles. The smallest absolute Gasteiger partial charge is 0.225 e. The standard InChI is InChI=1S/C18H23N3O/c22-17(10-14-21-12-3-1-2-4-13-21)20-16-9-5-7-15-8-6-11-19-18(15)16/h5-9,11H,1-4,10,12-14H2,(H,20,22). The van der Waals surface area contributed by atoms with E-state index in [9.17, 15) is 4.79 Å². The summed E-state index contributed by atoms with van der Waals surface area (Å²) in [6.07, 6.45) is 7.47. The molecule has 0 unspecified atom stereocenters. The Kier molecular flexibility index (Phi) is 5.01. The van der Waals surface area contributed by atoms with Crippen LogP contribution in [0.1, 0.15) is 32.1 Å². The van der Waals surface area contributed by atoms with Crippen LogP contribution in [0.5, 0.6) is 0 Å². The third kappa shape index (κ3) is 3.83. The van der Waals surface area contributed by atoms with Gasteiger partial charge < -0.3 is 10.2 Å². The van der Waals surface area contributed by atoms with Crippen LogP contribution in [0.3, 0.4) is 0 Å². The monoisotopic (exact) mass is 297 g/mol. The van der Waals surface area contributed by atoms with Crippen LogP contribution in [-0.2, 0) is 4.79 Å². The molecule has 0 atom stereocenters. The maximum Gasteiger partial charge on any atom is 0.225 e. The number of carbonyl (C=O) groups is 1. The summed E-state index contributed by atoms with van der Waals surface area (Å²) in [5, 5.41) is 4.06. The zero-order valence-corrected chi connectivity index (χ0v) is 12.9. The Bertz CT molecular complexity index is 628. The number of benzene rings is 1. The van der Waals surface area contributed by atoms with Crippen molar-refractivity contribution in [2.45, 2.75) is 32.1 Å². The SMILES string of the molecule is O=C(CCN1CCCCCC1)Nc1cccc2cccnc12. The summed E-state index contributed by atoms with van der Waals surface area (Å²) in [6, 6.07) is 9.80. The van der Waals surface area contributed by atoms with Gasteiger partial charge in [-0.3, -0.25) is 9.78 Å². The fourth-order valence-corrected chi connectivity index (χ4v) is 3.04. The van der Waals surface area contributed by atoms with E-state index in [2.05, 4.69) is 15.2 Å². The summed E-state index contributed by atoms with van der Waals surface area (Å²) in [5.74, 6) is 0.0717. The van der Waals surface area contributed by atoms with Crippen LogP contribution in [0.2, 0.25) is 0 Å². The van der Waals surface area contributed by atoms with Crippen molar-refractivity contribution >= 4 is 22.5 Å². The first-order valence-corrected chi connectivity index (χ1v) is 8.19. The molecule has 1 saturated heterocycles. The summed E-state index contributed by atoms with van der Waals surface area (Å²) in [7, 11) is 0. The first-order valence-electron chi connectivity index (χ1n) is 8.19. The molecule has 4 nitrogen and oxygen atoms in total. The number of hydrogen-bond donors (Lipinski definition) is 1. The van der Waals surface area contributed by atoms with Crippen molar-refractivity contribution in [3.63, 3.8) is 0 Å². The van der Waals surface area contributed by atoms with Crippen LogP contribution in [0.4, 0.5) is 5.69 Å². The summed E-state index contributed by atoms with van der Waals surface area (Å²) >= 11 is 0. The highest BCUT2D eigenvalue weighted by Crippen LogP contribution is 2.20. The zero-order chi connectivity index (χ0) is 15.2. The van der Waals surface area contributed by atoms with Crippen molar-refractivity contribution < 1.29 is 4.79 Å². The molecule has 1 aromatic carbocycles. The number of para-hydroxylation sites is 1. The Morgan fingerprint density at radius 2 is 1.86 bits per heavy atom. The van der Waals surface area contributed by atoms with Gasteiger partial charge in [-0.15, -0.1) is 0 Å². The van der Waals surface area contributed by atoms with Gasteiger partial charge in [0.05, 0.1) is 11.2 Å². The highest BCUT2D eigenvalue weighted by molar-refractivity contribution is 6.00. The minimum absolute atomic E-state index is 0.0717. The molecular formula is C18H23N3O. The summed E-state index contributed by atoms with van der Waals surface area (Å²) in [5.41, 5.74) is 1.66. The number of nitrogens with zero attached hydrogens (tertiary/aromatic N) is 2. The molecule has 22 heavy (non-hydrogen) atoms. The molecule has 116 valence electrons. The lowest BCUT2D eigenvalue weighted by atomic mass is 10.2. The number of carbonyl (C=O) groups excluding carboxylic acids is 1. The molecule has 0 bridgehead atoms. The Labute approximate surface area is 131 Å². The number of pyridine rings is 1. The number of hydrogen-bond acceptors (Lipinski definition) is 3. The number of nitrogens with one attached hydrogen (secondary N) is 1. The summed E-state index contributed by atoms with van der Waals surface area (Å²) in [6.45, 7) is 3.11. The fraction of sp³-hybridized carbons (Fsp3) is 0.444. The summed E-state index contributed by atoms with van der Waals surface area (Å²) < 4.78 is 0. The first kappa shape index (κ1) is 15.0. The van der Waals surface area contributed by atoms with Crippen molar-refractivity contribution in [1.29, 1.82) is 0 Å². The van der Waals surface area contributed by atoms with E-state index in [0.717, 1.165) is 36.2 Å². The number of amides is 1. The molecule has 0 saturated carbocycles. The fourth-order valence-electron chi connectivity index (χ4n) is 3.04. The molecule has 0 aliphatic carbocycles. The second-order valence-electron chi connectivity index (χ2n) is 5.93. The maximum absolute atomic E-state index is 12.2. The lowest BCUT2D eigenvalue weighted by Crippen LogP contribution is -2.28. The van der Waals surface area contributed by atoms with E-state index in [1.807, 2.05) is 30.3 Å². The molecule has 0 radical (unpaired) electrons. The van der Waals surface area contributed by atoms with Gasteiger partial charge >= 0.3 is 0 Å². The van der Waals surface area contributed by atoms with Gasteiger partial charge in [-0.1, -0.05) is 31.0 Å². The third-order valence-electron chi connectivity index (χ3n) is 4.26. The van der Waals surface area contributed by atoms with Gasteiger partial charge in [0.25, 0.3) is 0 Å². The molecule has 2 heterocycles. The van der Waals surface area contributed by atoms with Gasteiger partial charge in [0.1, 0.15) is 0 Å². The minimum Gasteiger partial charge on any atom is -0.324 e. The molecule has 3 rings (SSSR count). The largest absolute Gasteiger partial charge is 0.324 e. The van der Waals surface area contributed by atoms with E-state index < -0.39 is 0 Å². The van der Waals surface area contributed by atoms with Crippen LogP contribution in [-0.4, -0.2) is 35.4 Å². The van der Waals surface area contributed by atoms with Crippen LogP contribution in [0.25, 0.3) is 10.9 Å². The molecule has 1 N–H and O–H groups in total. The maximum atomic E-state index is 12.2. The van der Waals surface area contributed by atoms with E-state index in [4.69, 9.17) is 0 Å². The Morgan fingerprint density at radius 3 is 2.68 bits per heavy atom. The highest BCUT2D eigenvalue weighted by atomic mass is 16.1. The zero-order valence-electron chi connectivity index (χ0n) is 12.9. The minimum atomic E-state index is 0.0717.